The minimum absolute atomic E-state index is 0.265. The summed E-state index contributed by atoms with van der Waals surface area (Å²) >= 11 is 1.73. The molecular weight excluding hydrogens is 232 g/mol. The fourth-order valence-corrected chi connectivity index (χ4v) is 2.30. The van der Waals surface area contributed by atoms with Gasteiger partial charge in [-0.05, 0) is 13.8 Å². The van der Waals surface area contributed by atoms with Crippen LogP contribution in [0.5, 0.6) is 0 Å². The fraction of sp³-hybridized carbons (Fsp3) is 0.333. The molecule has 0 fully saturated rings. The second kappa shape index (κ2) is 5.25. The highest BCUT2D eigenvalue weighted by Crippen LogP contribution is 2.19. The maximum absolute atomic E-state index is 4.37. The van der Waals surface area contributed by atoms with Gasteiger partial charge in [0, 0.05) is 35.6 Å². The Morgan fingerprint density at radius 2 is 2.41 bits per heavy atom. The zero-order valence-corrected chi connectivity index (χ0v) is 10.9. The number of thiazole rings is 1. The van der Waals surface area contributed by atoms with Crippen LogP contribution in [0.4, 0.5) is 0 Å². The van der Waals surface area contributed by atoms with Crippen molar-refractivity contribution >= 4 is 17.5 Å². The molecular formula is C12H16N4S. The maximum Gasteiger partial charge on any atom is 0.109 e. The Labute approximate surface area is 105 Å². The van der Waals surface area contributed by atoms with E-state index in [1.165, 1.54) is 4.88 Å². The second-order valence-corrected chi connectivity index (χ2v) is 5.19. The molecule has 0 aliphatic carbocycles. The van der Waals surface area contributed by atoms with Crippen LogP contribution in [0, 0.1) is 6.92 Å². The maximum atomic E-state index is 4.37. The summed E-state index contributed by atoms with van der Waals surface area (Å²) in [5.41, 5.74) is 1.14. The SMILES string of the molecule is C=Cn1cc(CNC(C)c2ncc(C)s2)cn1. The van der Waals surface area contributed by atoms with Crippen molar-refractivity contribution in [3.63, 3.8) is 0 Å². The van der Waals surface area contributed by atoms with Crippen molar-refractivity contribution in [2.75, 3.05) is 0 Å². The van der Waals surface area contributed by atoms with Crippen molar-refractivity contribution in [3.8, 4) is 0 Å². The van der Waals surface area contributed by atoms with Gasteiger partial charge in [-0.3, -0.25) is 0 Å². The minimum atomic E-state index is 0.265. The van der Waals surface area contributed by atoms with E-state index in [0.717, 1.165) is 17.1 Å². The molecule has 0 bridgehead atoms. The van der Waals surface area contributed by atoms with E-state index in [9.17, 15) is 0 Å². The summed E-state index contributed by atoms with van der Waals surface area (Å²) in [5, 5.41) is 8.69. The molecule has 0 saturated heterocycles. The molecule has 90 valence electrons. The normalized spacial score (nSPS) is 12.6. The molecule has 2 heterocycles. The van der Waals surface area contributed by atoms with Crippen LogP contribution in [0.15, 0.2) is 25.2 Å². The van der Waals surface area contributed by atoms with Crippen LogP contribution < -0.4 is 5.32 Å². The van der Waals surface area contributed by atoms with Gasteiger partial charge in [-0.2, -0.15) is 5.10 Å². The monoisotopic (exact) mass is 248 g/mol. The third kappa shape index (κ3) is 3.01. The zero-order chi connectivity index (χ0) is 12.3. The first kappa shape index (κ1) is 12.0. The van der Waals surface area contributed by atoms with Crippen LogP contribution in [-0.4, -0.2) is 14.8 Å². The van der Waals surface area contributed by atoms with Crippen molar-refractivity contribution in [1.29, 1.82) is 0 Å². The number of nitrogens with zero attached hydrogens (tertiary/aromatic N) is 3. The van der Waals surface area contributed by atoms with E-state index < -0.39 is 0 Å². The quantitative estimate of drug-likeness (QED) is 0.884. The summed E-state index contributed by atoms with van der Waals surface area (Å²) in [6.07, 6.45) is 7.39. The van der Waals surface area contributed by atoms with Gasteiger partial charge in [-0.1, -0.05) is 6.58 Å². The smallest absolute Gasteiger partial charge is 0.109 e. The van der Waals surface area contributed by atoms with E-state index in [0.29, 0.717) is 0 Å². The lowest BCUT2D eigenvalue weighted by atomic mass is 10.3. The van der Waals surface area contributed by atoms with Gasteiger partial charge in [0.05, 0.1) is 12.2 Å². The van der Waals surface area contributed by atoms with Crippen molar-refractivity contribution in [2.45, 2.75) is 26.4 Å². The van der Waals surface area contributed by atoms with Crippen LogP contribution >= 0.6 is 11.3 Å². The first-order valence-electron chi connectivity index (χ1n) is 5.50. The number of aromatic nitrogens is 3. The highest BCUT2D eigenvalue weighted by molar-refractivity contribution is 7.11. The van der Waals surface area contributed by atoms with Crippen molar-refractivity contribution in [2.24, 2.45) is 0 Å². The summed E-state index contributed by atoms with van der Waals surface area (Å²) in [6.45, 7) is 8.64. The molecule has 0 amide bonds. The topological polar surface area (TPSA) is 42.7 Å². The molecule has 2 aromatic rings. The van der Waals surface area contributed by atoms with Crippen LogP contribution in [-0.2, 0) is 6.54 Å². The number of nitrogens with one attached hydrogen (secondary N) is 1. The van der Waals surface area contributed by atoms with Gasteiger partial charge in [-0.25, -0.2) is 9.67 Å². The zero-order valence-electron chi connectivity index (χ0n) is 10.1. The minimum Gasteiger partial charge on any atom is -0.304 e. The standard InChI is InChI=1S/C12H16N4S/c1-4-16-8-11(7-15-16)6-13-10(3)12-14-5-9(2)17-12/h4-5,7-8,10,13H,1,6H2,2-3H3. The Bertz CT molecular complexity index is 500. The van der Waals surface area contributed by atoms with Gasteiger partial charge in [0.15, 0.2) is 0 Å². The van der Waals surface area contributed by atoms with E-state index in [1.54, 1.807) is 22.2 Å². The summed E-state index contributed by atoms with van der Waals surface area (Å²) in [6, 6.07) is 0.265. The van der Waals surface area contributed by atoms with E-state index >= 15 is 0 Å². The predicted octanol–water partition coefficient (Wildman–Crippen LogP) is 2.60. The Hall–Kier alpha value is -1.46. The molecule has 2 rings (SSSR count). The van der Waals surface area contributed by atoms with Crippen molar-refractivity contribution in [1.82, 2.24) is 20.1 Å². The number of hydrogen-bond acceptors (Lipinski definition) is 4. The highest BCUT2D eigenvalue weighted by Gasteiger charge is 2.08. The molecule has 0 aliphatic rings. The first-order chi connectivity index (χ1) is 8.19. The summed E-state index contributed by atoms with van der Waals surface area (Å²) in [4.78, 5) is 5.61. The molecule has 0 spiro atoms. The van der Waals surface area contributed by atoms with Crippen LogP contribution in [0.3, 0.4) is 0 Å². The molecule has 0 saturated carbocycles. The van der Waals surface area contributed by atoms with E-state index in [1.807, 2.05) is 18.6 Å². The number of rotatable bonds is 5. The summed E-state index contributed by atoms with van der Waals surface area (Å²) in [7, 11) is 0. The van der Waals surface area contributed by atoms with Crippen LogP contribution in [0.2, 0.25) is 0 Å². The van der Waals surface area contributed by atoms with Gasteiger partial charge in [0.1, 0.15) is 5.01 Å². The van der Waals surface area contributed by atoms with Gasteiger partial charge < -0.3 is 5.32 Å². The Kier molecular flexibility index (Phi) is 3.71. The molecule has 0 aliphatic heterocycles. The van der Waals surface area contributed by atoms with Crippen molar-refractivity contribution < 1.29 is 0 Å². The number of aryl methyl sites for hydroxylation is 1. The van der Waals surface area contributed by atoms with Crippen molar-refractivity contribution in [3.05, 3.63) is 40.6 Å². The van der Waals surface area contributed by atoms with Gasteiger partial charge in [-0.15, -0.1) is 11.3 Å². The Morgan fingerprint density at radius 1 is 1.59 bits per heavy atom. The lowest BCUT2D eigenvalue weighted by Gasteiger charge is -2.09. The largest absolute Gasteiger partial charge is 0.304 e. The predicted molar refractivity (Wildman–Crippen MR) is 70.7 cm³/mol. The average molecular weight is 248 g/mol. The third-order valence-electron chi connectivity index (χ3n) is 2.46. The van der Waals surface area contributed by atoms with Crippen LogP contribution in [0.25, 0.3) is 6.20 Å². The Morgan fingerprint density at radius 3 is 3.00 bits per heavy atom. The van der Waals surface area contributed by atoms with E-state index in [-0.39, 0.29) is 6.04 Å². The third-order valence-corrected chi connectivity index (χ3v) is 3.56. The highest BCUT2D eigenvalue weighted by atomic mass is 32.1. The van der Waals surface area contributed by atoms with E-state index in [2.05, 4.69) is 35.8 Å². The molecule has 0 aromatic carbocycles. The molecule has 17 heavy (non-hydrogen) atoms. The molecule has 1 atom stereocenters. The molecule has 1 unspecified atom stereocenters. The lowest BCUT2D eigenvalue weighted by Crippen LogP contribution is -2.17. The lowest BCUT2D eigenvalue weighted by molar-refractivity contribution is 0.572. The molecule has 2 aromatic heterocycles. The van der Waals surface area contributed by atoms with E-state index in [4.69, 9.17) is 0 Å². The number of hydrogen-bond donors (Lipinski definition) is 1. The van der Waals surface area contributed by atoms with Gasteiger partial charge in [0.2, 0.25) is 0 Å². The molecule has 4 nitrogen and oxygen atoms in total. The summed E-state index contributed by atoms with van der Waals surface area (Å²) in [5.74, 6) is 0. The fourth-order valence-electron chi connectivity index (χ4n) is 1.50. The second-order valence-electron chi connectivity index (χ2n) is 3.92. The van der Waals surface area contributed by atoms with Gasteiger partial charge >= 0.3 is 0 Å². The van der Waals surface area contributed by atoms with Crippen LogP contribution in [0.1, 0.15) is 28.4 Å². The Balaban J connectivity index is 1.91. The van der Waals surface area contributed by atoms with Gasteiger partial charge in [0.25, 0.3) is 0 Å². The molecule has 5 heteroatoms. The first-order valence-corrected chi connectivity index (χ1v) is 6.32. The molecule has 1 N–H and O–H groups in total. The molecule has 0 radical (unpaired) electrons. The summed E-state index contributed by atoms with van der Waals surface area (Å²) < 4.78 is 1.70. The average Bonchev–Trinajstić information content (AvgIpc) is 2.94.